The van der Waals surface area contributed by atoms with Gasteiger partial charge in [-0.1, -0.05) is 0 Å². The van der Waals surface area contributed by atoms with E-state index < -0.39 is 0 Å². The second-order valence-corrected chi connectivity index (χ2v) is 3.39. The fraction of sp³-hybridized carbons (Fsp3) is 1.00. The molecule has 1 fully saturated rings. The Balaban J connectivity index is 2.41. The van der Waals surface area contributed by atoms with Crippen molar-refractivity contribution in [1.29, 1.82) is 0 Å². The predicted octanol–water partition coefficient (Wildman–Crippen LogP) is -0.482. The van der Waals surface area contributed by atoms with Gasteiger partial charge in [0.2, 0.25) is 0 Å². The molecule has 1 saturated heterocycles. The van der Waals surface area contributed by atoms with Crippen molar-refractivity contribution >= 4 is 0 Å². The molecular weight excluding hydrogens is 140 g/mol. The first-order chi connectivity index (χ1) is 5.27. The molecule has 2 unspecified atom stereocenters. The third-order valence-electron chi connectivity index (χ3n) is 2.54. The van der Waals surface area contributed by atoms with Crippen LogP contribution in [0.2, 0.25) is 0 Å². The molecule has 3 heteroatoms. The minimum Gasteiger partial charge on any atom is -0.396 e. The fourth-order valence-corrected chi connectivity index (χ4v) is 1.78. The van der Waals surface area contributed by atoms with Gasteiger partial charge in [-0.25, -0.2) is 0 Å². The highest BCUT2D eigenvalue weighted by molar-refractivity contribution is 4.82. The summed E-state index contributed by atoms with van der Waals surface area (Å²) >= 11 is 0. The maximum absolute atomic E-state index is 9.04. The van der Waals surface area contributed by atoms with Gasteiger partial charge >= 0.3 is 0 Å². The van der Waals surface area contributed by atoms with E-state index >= 15 is 0 Å². The molecule has 1 aliphatic rings. The molecule has 1 aliphatic heterocycles. The Morgan fingerprint density at radius 3 is 2.91 bits per heavy atom. The zero-order chi connectivity index (χ0) is 8.27. The third-order valence-corrected chi connectivity index (χ3v) is 2.54. The first kappa shape index (κ1) is 8.97. The minimum absolute atomic E-state index is 0.301. The molecule has 0 spiro atoms. The molecule has 3 nitrogen and oxygen atoms in total. The van der Waals surface area contributed by atoms with E-state index in [4.69, 9.17) is 5.11 Å². The number of piperidine rings is 1. The Labute approximate surface area is 68.4 Å². The molecule has 1 rings (SSSR count). The summed E-state index contributed by atoms with van der Waals surface area (Å²) in [5, 5.41) is 12.3. The van der Waals surface area contributed by atoms with Gasteiger partial charge in [0.15, 0.2) is 0 Å². The zero-order valence-electron chi connectivity index (χ0n) is 7.38. The molecule has 0 aromatic heterocycles. The highest BCUT2D eigenvalue weighted by atomic mass is 16.3. The lowest BCUT2D eigenvalue weighted by atomic mass is 9.93. The molecule has 0 aliphatic carbocycles. The number of aliphatic hydroxyl groups is 1. The van der Waals surface area contributed by atoms with Gasteiger partial charge in [0.05, 0.1) is 0 Å². The summed E-state index contributed by atoms with van der Waals surface area (Å²) in [6, 6.07) is 0.510. The average Bonchev–Trinajstić information content (AvgIpc) is 2.04. The highest BCUT2D eigenvalue weighted by Gasteiger charge is 2.25. The van der Waals surface area contributed by atoms with Crippen molar-refractivity contribution < 1.29 is 5.11 Å². The number of hydrogen-bond acceptors (Lipinski definition) is 3. The first-order valence-corrected chi connectivity index (χ1v) is 4.24. The van der Waals surface area contributed by atoms with Crippen LogP contribution in [0.4, 0.5) is 0 Å². The summed E-state index contributed by atoms with van der Waals surface area (Å²) in [6.07, 6.45) is 1.15. The van der Waals surface area contributed by atoms with Gasteiger partial charge in [-0.15, -0.1) is 0 Å². The Morgan fingerprint density at radius 1 is 1.64 bits per heavy atom. The lowest BCUT2D eigenvalue weighted by molar-refractivity contribution is 0.109. The third kappa shape index (κ3) is 2.15. The second kappa shape index (κ2) is 4.04. The van der Waals surface area contributed by atoms with Gasteiger partial charge < -0.3 is 15.3 Å². The van der Waals surface area contributed by atoms with E-state index in [2.05, 4.69) is 17.3 Å². The van der Waals surface area contributed by atoms with Crippen molar-refractivity contribution in [1.82, 2.24) is 10.2 Å². The molecule has 0 radical (unpaired) electrons. The SMILES string of the molecule is CNC1CCN(C)CC1CO. The molecule has 1 heterocycles. The van der Waals surface area contributed by atoms with Gasteiger partial charge in [-0.3, -0.25) is 0 Å². The van der Waals surface area contributed by atoms with Crippen molar-refractivity contribution in [2.45, 2.75) is 12.5 Å². The standard InChI is InChI=1S/C8H18N2O/c1-9-8-3-4-10(2)5-7(8)6-11/h7-9,11H,3-6H2,1-2H3. The van der Waals surface area contributed by atoms with Crippen molar-refractivity contribution in [2.24, 2.45) is 5.92 Å². The summed E-state index contributed by atoms with van der Waals surface area (Å²) in [5.41, 5.74) is 0. The molecular formula is C8H18N2O. The Morgan fingerprint density at radius 2 is 2.36 bits per heavy atom. The maximum atomic E-state index is 9.04. The second-order valence-electron chi connectivity index (χ2n) is 3.39. The van der Waals surface area contributed by atoms with E-state index in [-0.39, 0.29) is 0 Å². The maximum Gasteiger partial charge on any atom is 0.0486 e. The molecule has 0 aromatic rings. The summed E-state index contributed by atoms with van der Waals surface area (Å²) in [5.74, 6) is 0.416. The summed E-state index contributed by atoms with van der Waals surface area (Å²) in [4.78, 5) is 2.27. The lowest BCUT2D eigenvalue weighted by Crippen LogP contribution is -2.48. The van der Waals surface area contributed by atoms with Crippen LogP contribution in [0.3, 0.4) is 0 Å². The van der Waals surface area contributed by atoms with E-state index in [1.165, 1.54) is 0 Å². The highest BCUT2D eigenvalue weighted by Crippen LogP contribution is 2.14. The van der Waals surface area contributed by atoms with Crippen LogP contribution in [0.1, 0.15) is 6.42 Å². The number of likely N-dealkylation sites (tertiary alicyclic amines) is 1. The van der Waals surface area contributed by atoms with Crippen LogP contribution in [0.5, 0.6) is 0 Å². The Hall–Kier alpha value is -0.120. The van der Waals surface area contributed by atoms with Gasteiger partial charge in [0.1, 0.15) is 0 Å². The van der Waals surface area contributed by atoms with E-state index in [0.29, 0.717) is 18.6 Å². The van der Waals surface area contributed by atoms with E-state index in [0.717, 1.165) is 19.5 Å². The molecule has 0 bridgehead atoms. The molecule has 2 atom stereocenters. The van der Waals surface area contributed by atoms with Crippen LogP contribution in [0, 0.1) is 5.92 Å². The number of nitrogens with zero attached hydrogens (tertiary/aromatic N) is 1. The van der Waals surface area contributed by atoms with Crippen LogP contribution < -0.4 is 5.32 Å². The summed E-state index contributed by atoms with van der Waals surface area (Å²) in [7, 11) is 4.08. The van der Waals surface area contributed by atoms with E-state index in [1.54, 1.807) is 0 Å². The first-order valence-electron chi connectivity index (χ1n) is 4.24. The topological polar surface area (TPSA) is 35.5 Å². The zero-order valence-corrected chi connectivity index (χ0v) is 7.38. The fourth-order valence-electron chi connectivity index (χ4n) is 1.78. The Bertz CT molecular complexity index is 119. The van der Waals surface area contributed by atoms with Crippen LogP contribution in [0.15, 0.2) is 0 Å². The van der Waals surface area contributed by atoms with Crippen LogP contribution in [0.25, 0.3) is 0 Å². The van der Waals surface area contributed by atoms with Gasteiger partial charge in [0, 0.05) is 25.1 Å². The van der Waals surface area contributed by atoms with Crippen molar-refractivity contribution in [3.63, 3.8) is 0 Å². The van der Waals surface area contributed by atoms with Crippen molar-refractivity contribution in [2.75, 3.05) is 33.8 Å². The van der Waals surface area contributed by atoms with E-state index in [1.807, 2.05) is 7.05 Å². The number of nitrogens with one attached hydrogen (secondary N) is 1. The minimum atomic E-state index is 0.301. The van der Waals surface area contributed by atoms with Gasteiger partial charge in [-0.05, 0) is 27.1 Å². The summed E-state index contributed by atoms with van der Waals surface area (Å²) in [6.45, 7) is 2.46. The molecule has 0 aromatic carbocycles. The smallest absolute Gasteiger partial charge is 0.0486 e. The van der Waals surface area contributed by atoms with Crippen LogP contribution in [-0.4, -0.2) is 49.8 Å². The van der Waals surface area contributed by atoms with Gasteiger partial charge in [-0.2, -0.15) is 0 Å². The van der Waals surface area contributed by atoms with Crippen LogP contribution >= 0.6 is 0 Å². The molecule has 66 valence electrons. The Kier molecular flexibility index (Phi) is 3.30. The molecule has 11 heavy (non-hydrogen) atoms. The normalized spacial score (nSPS) is 34.1. The monoisotopic (exact) mass is 158 g/mol. The van der Waals surface area contributed by atoms with Crippen LogP contribution in [-0.2, 0) is 0 Å². The lowest BCUT2D eigenvalue weighted by Gasteiger charge is -2.35. The van der Waals surface area contributed by atoms with Crippen molar-refractivity contribution in [3.8, 4) is 0 Å². The molecule has 2 N–H and O–H groups in total. The number of aliphatic hydroxyl groups excluding tert-OH is 1. The molecule has 0 saturated carbocycles. The van der Waals surface area contributed by atoms with Gasteiger partial charge in [0.25, 0.3) is 0 Å². The summed E-state index contributed by atoms with van der Waals surface area (Å²) < 4.78 is 0. The average molecular weight is 158 g/mol. The number of hydrogen-bond donors (Lipinski definition) is 2. The number of rotatable bonds is 2. The van der Waals surface area contributed by atoms with E-state index in [9.17, 15) is 0 Å². The molecule has 0 amide bonds. The predicted molar refractivity (Wildman–Crippen MR) is 45.5 cm³/mol. The largest absolute Gasteiger partial charge is 0.396 e. The van der Waals surface area contributed by atoms with Crippen molar-refractivity contribution in [3.05, 3.63) is 0 Å². The quantitative estimate of drug-likeness (QED) is 0.570.